The maximum absolute atomic E-state index is 12.5. The molecule has 0 bridgehead atoms. The molecule has 0 unspecified atom stereocenters. The molecule has 1 aromatic heterocycles. The van der Waals surface area contributed by atoms with Gasteiger partial charge in [-0.05, 0) is 13.0 Å². The van der Waals surface area contributed by atoms with Crippen molar-refractivity contribution in [2.75, 3.05) is 24.6 Å². The Labute approximate surface area is 121 Å². The van der Waals surface area contributed by atoms with E-state index < -0.39 is 5.78 Å². The minimum absolute atomic E-state index is 0.377. The number of ketones is 1. The summed E-state index contributed by atoms with van der Waals surface area (Å²) in [5.41, 5.74) is 2.18. The van der Waals surface area contributed by atoms with E-state index in [1.807, 2.05) is 43.0 Å². The predicted molar refractivity (Wildman–Crippen MR) is 81.3 cm³/mol. The van der Waals surface area contributed by atoms with Crippen LogP contribution in [0.15, 0.2) is 24.3 Å². The normalized spacial score (nSPS) is 15.6. The number of rotatable bonds is 2. The van der Waals surface area contributed by atoms with Gasteiger partial charge in [-0.15, -0.1) is 0 Å². The fourth-order valence-corrected chi connectivity index (χ4v) is 3.49. The summed E-state index contributed by atoms with van der Waals surface area (Å²) >= 11 is 1.82. The number of thioether (sulfide) groups is 1. The monoisotopic (exact) mass is 288 g/mol. The van der Waals surface area contributed by atoms with Crippen LogP contribution in [0.5, 0.6) is 0 Å². The highest BCUT2D eigenvalue weighted by Gasteiger charge is 2.27. The molecule has 20 heavy (non-hydrogen) atoms. The summed E-state index contributed by atoms with van der Waals surface area (Å²) in [5.74, 6) is 1.04. The second-order valence-corrected chi connectivity index (χ2v) is 6.13. The third kappa shape index (κ3) is 2.22. The number of carbonyl (C=O) groups excluding carboxylic acids is 2. The molecule has 1 N–H and O–H groups in total. The van der Waals surface area contributed by atoms with E-state index in [1.165, 1.54) is 0 Å². The molecule has 0 saturated carbocycles. The molecule has 1 fully saturated rings. The molecule has 2 heterocycles. The highest BCUT2D eigenvalue weighted by Crippen LogP contribution is 2.23. The van der Waals surface area contributed by atoms with Crippen LogP contribution in [0.4, 0.5) is 0 Å². The largest absolute Gasteiger partial charge is 0.358 e. The van der Waals surface area contributed by atoms with Crippen LogP contribution >= 0.6 is 11.8 Å². The van der Waals surface area contributed by atoms with Crippen LogP contribution < -0.4 is 0 Å². The van der Waals surface area contributed by atoms with Crippen molar-refractivity contribution in [2.24, 2.45) is 0 Å². The zero-order chi connectivity index (χ0) is 14.1. The average Bonchev–Trinajstić information content (AvgIpc) is 2.82. The van der Waals surface area contributed by atoms with Gasteiger partial charge in [-0.2, -0.15) is 11.8 Å². The summed E-state index contributed by atoms with van der Waals surface area (Å²) in [6, 6.07) is 7.59. The zero-order valence-corrected chi connectivity index (χ0v) is 12.1. The molecule has 0 aliphatic carbocycles. The minimum atomic E-state index is -0.396. The Morgan fingerprint density at radius 2 is 1.90 bits per heavy atom. The molecule has 104 valence electrons. The van der Waals surface area contributed by atoms with Crippen molar-refractivity contribution < 1.29 is 9.59 Å². The second-order valence-electron chi connectivity index (χ2n) is 4.90. The zero-order valence-electron chi connectivity index (χ0n) is 11.3. The molecular weight excluding hydrogens is 272 g/mol. The number of aromatic nitrogens is 1. The Bertz CT molecular complexity index is 672. The second kappa shape index (κ2) is 5.32. The van der Waals surface area contributed by atoms with Crippen LogP contribution in [0.1, 0.15) is 16.1 Å². The van der Waals surface area contributed by atoms with Gasteiger partial charge in [-0.3, -0.25) is 9.59 Å². The van der Waals surface area contributed by atoms with E-state index in [0.717, 1.165) is 28.1 Å². The average molecular weight is 288 g/mol. The summed E-state index contributed by atoms with van der Waals surface area (Å²) in [4.78, 5) is 29.7. The number of fused-ring (bicyclic) bond motifs is 1. The van der Waals surface area contributed by atoms with Gasteiger partial charge >= 0.3 is 0 Å². The summed E-state index contributed by atoms with van der Waals surface area (Å²) in [6.45, 7) is 3.17. The fraction of sp³-hybridized carbons (Fsp3) is 0.333. The topological polar surface area (TPSA) is 53.2 Å². The molecule has 0 atom stereocenters. The van der Waals surface area contributed by atoms with Gasteiger partial charge in [-0.25, -0.2) is 0 Å². The molecule has 1 aliphatic heterocycles. The van der Waals surface area contributed by atoms with Gasteiger partial charge in [0.05, 0.1) is 5.56 Å². The van der Waals surface area contributed by atoms with Gasteiger partial charge in [-0.1, -0.05) is 18.2 Å². The van der Waals surface area contributed by atoms with Crippen LogP contribution in [0, 0.1) is 6.92 Å². The fourth-order valence-electron chi connectivity index (χ4n) is 2.59. The van der Waals surface area contributed by atoms with Gasteiger partial charge in [0.2, 0.25) is 0 Å². The van der Waals surface area contributed by atoms with Gasteiger partial charge in [0, 0.05) is 41.2 Å². The molecule has 1 aliphatic rings. The van der Waals surface area contributed by atoms with E-state index in [1.54, 1.807) is 4.90 Å². The number of para-hydroxylation sites is 1. The molecule has 5 heteroatoms. The number of nitrogens with one attached hydrogen (secondary N) is 1. The first kappa shape index (κ1) is 13.2. The third-order valence-electron chi connectivity index (χ3n) is 3.61. The van der Waals surface area contributed by atoms with E-state index in [0.29, 0.717) is 18.7 Å². The Balaban J connectivity index is 1.95. The van der Waals surface area contributed by atoms with E-state index in [-0.39, 0.29) is 5.91 Å². The molecule has 1 amide bonds. The molecule has 0 spiro atoms. The maximum atomic E-state index is 12.5. The van der Waals surface area contributed by atoms with Crippen molar-refractivity contribution in [1.82, 2.24) is 9.88 Å². The highest BCUT2D eigenvalue weighted by atomic mass is 32.2. The number of nitrogens with zero attached hydrogens (tertiary/aromatic N) is 1. The van der Waals surface area contributed by atoms with Gasteiger partial charge in [0.1, 0.15) is 0 Å². The number of hydrogen-bond acceptors (Lipinski definition) is 3. The first-order chi connectivity index (χ1) is 9.68. The van der Waals surface area contributed by atoms with Crippen molar-refractivity contribution in [3.63, 3.8) is 0 Å². The molecule has 4 nitrogen and oxygen atoms in total. The van der Waals surface area contributed by atoms with E-state index in [2.05, 4.69) is 4.98 Å². The Kier molecular flexibility index (Phi) is 3.53. The van der Waals surface area contributed by atoms with Crippen LogP contribution in [-0.4, -0.2) is 46.2 Å². The summed E-state index contributed by atoms with van der Waals surface area (Å²) in [5, 5.41) is 0.828. The molecule has 1 saturated heterocycles. The molecular formula is C15H16N2O2S. The van der Waals surface area contributed by atoms with Crippen molar-refractivity contribution in [3.8, 4) is 0 Å². The standard InChI is InChI=1S/C15H16N2O2S/c1-10-13(11-4-2-3-5-12(11)16-10)14(18)15(19)17-6-8-20-9-7-17/h2-5,16H,6-9H2,1H3. The number of benzene rings is 1. The van der Waals surface area contributed by atoms with Crippen molar-refractivity contribution in [2.45, 2.75) is 6.92 Å². The lowest BCUT2D eigenvalue weighted by molar-refractivity contribution is -0.126. The summed E-state index contributed by atoms with van der Waals surface area (Å²) < 4.78 is 0. The number of carbonyl (C=O) groups is 2. The first-order valence-electron chi connectivity index (χ1n) is 6.67. The molecule has 3 rings (SSSR count). The lowest BCUT2D eigenvalue weighted by atomic mass is 10.1. The number of aryl methyl sites for hydroxylation is 1. The smallest absolute Gasteiger partial charge is 0.295 e. The lowest BCUT2D eigenvalue weighted by Crippen LogP contribution is -2.42. The summed E-state index contributed by atoms with van der Waals surface area (Å²) in [6.07, 6.45) is 0. The lowest BCUT2D eigenvalue weighted by Gasteiger charge is -2.25. The minimum Gasteiger partial charge on any atom is -0.358 e. The Hall–Kier alpha value is -1.75. The number of H-pyrrole nitrogens is 1. The van der Waals surface area contributed by atoms with E-state index in [4.69, 9.17) is 0 Å². The SMILES string of the molecule is Cc1[nH]c2ccccc2c1C(=O)C(=O)N1CCSCC1. The van der Waals surface area contributed by atoms with Crippen LogP contribution in [-0.2, 0) is 4.79 Å². The van der Waals surface area contributed by atoms with Crippen LogP contribution in [0.25, 0.3) is 10.9 Å². The van der Waals surface area contributed by atoms with Gasteiger partial charge in [0.25, 0.3) is 11.7 Å². The molecule has 1 aromatic carbocycles. The number of Topliss-reactive ketones (excluding diaryl/α,β-unsaturated/α-hetero) is 1. The number of amides is 1. The maximum Gasteiger partial charge on any atom is 0.295 e. The van der Waals surface area contributed by atoms with E-state index in [9.17, 15) is 9.59 Å². The van der Waals surface area contributed by atoms with Gasteiger partial charge in [0.15, 0.2) is 0 Å². The first-order valence-corrected chi connectivity index (χ1v) is 7.82. The van der Waals surface area contributed by atoms with Gasteiger partial charge < -0.3 is 9.88 Å². The number of aromatic amines is 1. The molecule has 2 aromatic rings. The highest BCUT2D eigenvalue weighted by molar-refractivity contribution is 7.99. The van der Waals surface area contributed by atoms with Crippen molar-refractivity contribution in [3.05, 3.63) is 35.5 Å². The Morgan fingerprint density at radius 3 is 2.65 bits per heavy atom. The predicted octanol–water partition coefficient (Wildman–Crippen LogP) is 2.23. The van der Waals surface area contributed by atoms with E-state index >= 15 is 0 Å². The third-order valence-corrected chi connectivity index (χ3v) is 4.56. The Morgan fingerprint density at radius 1 is 1.20 bits per heavy atom. The number of hydrogen-bond donors (Lipinski definition) is 1. The molecule has 0 radical (unpaired) electrons. The van der Waals surface area contributed by atoms with Crippen LogP contribution in [0.2, 0.25) is 0 Å². The van der Waals surface area contributed by atoms with Crippen LogP contribution in [0.3, 0.4) is 0 Å². The van der Waals surface area contributed by atoms with Crippen molar-refractivity contribution in [1.29, 1.82) is 0 Å². The quantitative estimate of drug-likeness (QED) is 0.681. The van der Waals surface area contributed by atoms with Crippen molar-refractivity contribution >= 4 is 34.4 Å². The summed E-state index contributed by atoms with van der Waals surface area (Å²) in [7, 11) is 0.